The molecule has 0 radical (unpaired) electrons. The summed E-state index contributed by atoms with van der Waals surface area (Å²) in [6, 6.07) is 4.31. The zero-order valence-corrected chi connectivity index (χ0v) is 8.89. The van der Waals surface area contributed by atoms with Crippen LogP contribution in [0.2, 0.25) is 0 Å². The molecule has 0 saturated heterocycles. The largest absolute Gasteiger partial charge is 0.481 e. The van der Waals surface area contributed by atoms with Crippen LogP contribution in [0.1, 0.15) is 17.3 Å². The number of H-pyrrole nitrogens is 1. The van der Waals surface area contributed by atoms with Gasteiger partial charge >= 0.3 is 11.7 Å². The predicted octanol–water partition coefficient (Wildman–Crippen LogP) is 1.02. The fourth-order valence-electron chi connectivity index (χ4n) is 1.46. The number of ketones is 1. The van der Waals surface area contributed by atoms with Gasteiger partial charge in [-0.05, 0) is 25.1 Å². The molecule has 0 aliphatic carbocycles. The Kier molecular flexibility index (Phi) is 2.55. The Morgan fingerprint density at radius 1 is 1.41 bits per heavy atom. The molecule has 0 saturated carbocycles. The molecule has 1 heterocycles. The lowest BCUT2D eigenvalue weighted by atomic mass is 9.99. The molecular formula is C11H9NO5. The fourth-order valence-corrected chi connectivity index (χ4v) is 1.46. The van der Waals surface area contributed by atoms with Gasteiger partial charge in [0.1, 0.15) is 5.92 Å². The van der Waals surface area contributed by atoms with E-state index in [2.05, 4.69) is 4.98 Å². The summed E-state index contributed by atoms with van der Waals surface area (Å²) < 4.78 is 4.79. The van der Waals surface area contributed by atoms with Crippen molar-refractivity contribution in [2.75, 3.05) is 0 Å². The molecule has 0 aliphatic heterocycles. The number of Topliss-reactive ketones (excluding diaryl/α,β-unsaturated/α-hetero) is 1. The zero-order chi connectivity index (χ0) is 12.6. The number of carbonyl (C=O) groups excluding carboxylic acids is 1. The molecule has 2 aromatic rings. The van der Waals surface area contributed by atoms with Gasteiger partial charge in [0, 0.05) is 5.56 Å². The molecule has 6 heteroatoms. The highest BCUT2D eigenvalue weighted by Crippen LogP contribution is 2.15. The van der Waals surface area contributed by atoms with Gasteiger partial charge in [-0.15, -0.1) is 0 Å². The third-order valence-corrected chi connectivity index (χ3v) is 2.47. The number of aliphatic carboxylic acids is 1. The number of carbonyl (C=O) groups is 2. The first kappa shape index (κ1) is 11.1. The molecule has 1 aromatic heterocycles. The Bertz CT molecular complexity index is 651. The average molecular weight is 235 g/mol. The Hall–Kier alpha value is -2.37. The summed E-state index contributed by atoms with van der Waals surface area (Å²) in [6.45, 7) is 1.31. The molecule has 17 heavy (non-hydrogen) atoms. The molecule has 0 bridgehead atoms. The van der Waals surface area contributed by atoms with Gasteiger partial charge in [-0.1, -0.05) is 0 Å². The smallest absolute Gasteiger partial charge is 0.417 e. The highest BCUT2D eigenvalue weighted by atomic mass is 16.4. The van der Waals surface area contributed by atoms with E-state index in [-0.39, 0.29) is 11.1 Å². The van der Waals surface area contributed by atoms with E-state index in [1.54, 1.807) is 0 Å². The lowest BCUT2D eigenvalue weighted by Crippen LogP contribution is -2.20. The molecule has 6 nitrogen and oxygen atoms in total. The maximum Gasteiger partial charge on any atom is 0.417 e. The third kappa shape index (κ3) is 1.96. The van der Waals surface area contributed by atoms with Gasteiger partial charge in [-0.2, -0.15) is 0 Å². The van der Waals surface area contributed by atoms with Gasteiger partial charge in [-0.3, -0.25) is 14.6 Å². The van der Waals surface area contributed by atoms with Gasteiger partial charge in [0.2, 0.25) is 0 Å². The molecule has 0 fully saturated rings. The van der Waals surface area contributed by atoms with Crippen LogP contribution in [0.3, 0.4) is 0 Å². The molecular weight excluding hydrogens is 226 g/mol. The number of aromatic amines is 1. The SMILES string of the molecule is CC(C(=O)O)C(=O)c1ccc2[nH]c(=O)oc2c1. The lowest BCUT2D eigenvalue weighted by molar-refractivity contribution is -0.139. The zero-order valence-electron chi connectivity index (χ0n) is 8.89. The van der Waals surface area contributed by atoms with Crippen LogP contribution in [-0.4, -0.2) is 21.8 Å². The van der Waals surface area contributed by atoms with Crippen LogP contribution in [0, 0.1) is 5.92 Å². The number of carboxylic acid groups (broad SMARTS) is 1. The van der Waals surface area contributed by atoms with E-state index >= 15 is 0 Å². The minimum atomic E-state index is -1.19. The van der Waals surface area contributed by atoms with Crippen molar-refractivity contribution in [3.8, 4) is 0 Å². The summed E-state index contributed by atoms with van der Waals surface area (Å²) in [6.07, 6.45) is 0. The lowest BCUT2D eigenvalue weighted by Gasteiger charge is -2.04. The Labute approximate surface area is 94.9 Å². The van der Waals surface area contributed by atoms with Crippen molar-refractivity contribution in [1.29, 1.82) is 0 Å². The van der Waals surface area contributed by atoms with Crippen molar-refractivity contribution in [1.82, 2.24) is 4.98 Å². The van der Waals surface area contributed by atoms with E-state index in [0.717, 1.165) is 0 Å². The molecule has 88 valence electrons. The molecule has 0 amide bonds. The van der Waals surface area contributed by atoms with Crippen LogP contribution in [0.4, 0.5) is 0 Å². The maximum absolute atomic E-state index is 11.7. The van der Waals surface area contributed by atoms with Crippen LogP contribution in [0.15, 0.2) is 27.4 Å². The molecule has 2 N–H and O–H groups in total. The highest BCUT2D eigenvalue weighted by Gasteiger charge is 2.22. The van der Waals surface area contributed by atoms with Crippen molar-refractivity contribution < 1.29 is 19.1 Å². The fraction of sp³-hybridized carbons (Fsp3) is 0.182. The summed E-state index contributed by atoms with van der Waals surface area (Å²) >= 11 is 0. The van der Waals surface area contributed by atoms with Gasteiger partial charge < -0.3 is 9.52 Å². The number of hydrogen-bond donors (Lipinski definition) is 2. The average Bonchev–Trinajstić information content (AvgIpc) is 2.65. The summed E-state index contributed by atoms with van der Waals surface area (Å²) in [5.41, 5.74) is 0.906. The maximum atomic E-state index is 11.7. The standard InChI is InChI=1S/C11H9NO5/c1-5(10(14)15)9(13)6-2-3-7-8(4-6)17-11(16)12-7/h2-5H,1H3,(H,12,16)(H,14,15). The minimum absolute atomic E-state index is 0.204. The van der Waals surface area contributed by atoms with Crippen molar-refractivity contribution in [3.05, 3.63) is 34.3 Å². The summed E-state index contributed by atoms with van der Waals surface area (Å²) in [5.74, 6) is -3.46. The third-order valence-electron chi connectivity index (χ3n) is 2.47. The van der Waals surface area contributed by atoms with Crippen molar-refractivity contribution in [2.45, 2.75) is 6.92 Å². The summed E-state index contributed by atoms with van der Waals surface area (Å²) in [5, 5.41) is 8.73. The van der Waals surface area contributed by atoms with Crippen molar-refractivity contribution in [3.63, 3.8) is 0 Å². The number of carboxylic acids is 1. The summed E-state index contributed by atoms with van der Waals surface area (Å²) in [7, 11) is 0. The number of hydrogen-bond acceptors (Lipinski definition) is 4. The summed E-state index contributed by atoms with van der Waals surface area (Å²) in [4.78, 5) is 35.7. The Morgan fingerprint density at radius 3 is 2.76 bits per heavy atom. The van der Waals surface area contributed by atoms with Crippen molar-refractivity contribution >= 4 is 22.9 Å². The Balaban J connectivity index is 2.46. The monoisotopic (exact) mass is 235 g/mol. The molecule has 0 spiro atoms. The quantitative estimate of drug-likeness (QED) is 0.611. The first-order valence-electron chi connectivity index (χ1n) is 4.89. The van der Waals surface area contributed by atoms with E-state index in [0.29, 0.717) is 5.52 Å². The predicted molar refractivity (Wildman–Crippen MR) is 58.0 cm³/mol. The first-order valence-corrected chi connectivity index (χ1v) is 4.89. The number of benzene rings is 1. The van der Waals surface area contributed by atoms with Crippen molar-refractivity contribution in [2.24, 2.45) is 5.92 Å². The molecule has 0 aliphatic rings. The van der Waals surface area contributed by atoms with E-state index in [9.17, 15) is 14.4 Å². The number of oxazole rings is 1. The van der Waals surface area contributed by atoms with Crippen LogP contribution < -0.4 is 5.76 Å². The van der Waals surface area contributed by atoms with Crippen LogP contribution in [-0.2, 0) is 4.79 Å². The number of nitrogens with one attached hydrogen (secondary N) is 1. The Morgan fingerprint density at radius 2 is 2.12 bits per heavy atom. The highest BCUT2D eigenvalue weighted by molar-refractivity contribution is 6.08. The van der Waals surface area contributed by atoms with E-state index < -0.39 is 23.4 Å². The van der Waals surface area contributed by atoms with Gasteiger partial charge in [0.25, 0.3) is 0 Å². The molecule has 2 rings (SSSR count). The first-order chi connectivity index (χ1) is 7.99. The number of rotatable bonds is 3. The van der Waals surface area contributed by atoms with E-state index in [1.807, 2.05) is 0 Å². The van der Waals surface area contributed by atoms with Gasteiger partial charge in [-0.25, -0.2) is 4.79 Å². The van der Waals surface area contributed by atoms with E-state index in [4.69, 9.17) is 9.52 Å². The van der Waals surface area contributed by atoms with Crippen LogP contribution in [0.5, 0.6) is 0 Å². The second-order valence-electron chi connectivity index (χ2n) is 3.65. The topological polar surface area (TPSA) is 100 Å². The normalized spacial score (nSPS) is 12.5. The minimum Gasteiger partial charge on any atom is -0.481 e. The van der Waals surface area contributed by atoms with Gasteiger partial charge in [0.15, 0.2) is 11.4 Å². The second kappa shape index (κ2) is 3.89. The number of fused-ring (bicyclic) bond motifs is 1. The van der Waals surface area contributed by atoms with Crippen LogP contribution >= 0.6 is 0 Å². The molecule has 1 atom stereocenters. The molecule has 1 aromatic carbocycles. The number of aromatic nitrogens is 1. The van der Waals surface area contributed by atoms with E-state index in [1.165, 1.54) is 25.1 Å². The van der Waals surface area contributed by atoms with Gasteiger partial charge in [0.05, 0.1) is 5.52 Å². The van der Waals surface area contributed by atoms with Crippen LogP contribution in [0.25, 0.3) is 11.1 Å². The molecule has 1 unspecified atom stereocenters. The second-order valence-corrected chi connectivity index (χ2v) is 3.65.